The molecule has 0 fully saturated rings. The van der Waals surface area contributed by atoms with Crippen LogP contribution < -0.4 is 15.9 Å². The van der Waals surface area contributed by atoms with Gasteiger partial charge in [-0.25, -0.2) is 0 Å². The Morgan fingerprint density at radius 3 is 1.33 bits per heavy atom. The van der Waals surface area contributed by atoms with E-state index in [0.29, 0.717) is 5.92 Å². The van der Waals surface area contributed by atoms with E-state index in [1.165, 1.54) is 15.9 Å². The second-order valence-corrected chi connectivity index (χ2v) is 9.75. The molecule has 0 bridgehead atoms. The third kappa shape index (κ3) is 3.21. The van der Waals surface area contributed by atoms with Crippen LogP contribution in [-0.2, 0) is 0 Å². The van der Waals surface area contributed by atoms with E-state index < -0.39 is 7.26 Å². The number of hydrogen-bond acceptors (Lipinski definition) is 0. The van der Waals surface area contributed by atoms with Gasteiger partial charge in [0.2, 0.25) is 0 Å². The van der Waals surface area contributed by atoms with Crippen molar-refractivity contribution in [2.24, 2.45) is 5.92 Å². The van der Waals surface area contributed by atoms with Gasteiger partial charge in [0, 0.05) is 5.92 Å². The van der Waals surface area contributed by atoms with Crippen LogP contribution in [0.15, 0.2) is 104 Å². The lowest BCUT2D eigenvalue weighted by Crippen LogP contribution is -2.34. The van der Waals surface area contributed by atoms with E-state index in [2.05, 4.69) is 111 Å². The lowest BCUT2D eigenvalue weighted by Gasteiger charge is -2.29. The second kappa shape index (κ2) is 7.60. The molecule has 0 aliphatic heterocycles. The first kappa shape index (κ1) is 16.7. The van der Waals surface area contributed by atoms with Crippen molar-refractivity contribution in [1.29, 1.82) is 0 Å². The summed E-state index contributed by atoms with van der Waals surface area (Å²) in [5.74, 6) is 0.457. The molecule has 0 saturated carbocycles. The summed E-state index contributed by atoms with van der Waals surface area (Å²) < 4.78 is 0. The van der Waals surface area contributed by atoms with Gasteiger partial charge in [-0.15, -0.1) is 6.58 Å². The number of allylic oxidation sites excluding steroid dienone is 1. The van der Waals surface area contributed by atoms with Gasteiger partial charge in [-0.1, -0.05) is 67.6 Å². The zero-order valence-electron chi connectivity index (χ0n) is 14.2. The minimum absolute atomic E-state index is 0.457. The normalized spacial score (nSPS) is 12.5. The predicted molar refractivity (Wildman–Crippen MR) is 109 cm³/mol. The molecule has 0 radical (unpaired) electrons. The summed E-state index contributed by atoms with van der Waals surface area (Å²) in [5.41, 5.74) is 0. The van der Waals surface area contributed by atoms with Gasteiger partial charge in [0.25, 0.3) is 0 Å². The van der Waals surface area contributed by atoms with E-state index in [4.69, 9.17) is 0 Å². The molecule has 0 nitrogen and oxygen atoms in total. The first-order chi connectivity index (χ1) is 11.8. The van der Waals surface area contributed by atoms with Crippen molar-refractivity contribution >= 4 is 23.2 Å². The van der Waals surface area contributed by atoms with Gasteiger partial charge >= 0.3 is 0 Å². The van der Waals surface area contributed by atoms with Crippen molar-refractivity contribution in [2.75, 3.05) is 6.16 Å². The molecular weight excluding hydrogens is 307 g/mol. The molecule has 0 spiro atoms. The van der Waals surface area contributed by atoms with Gasteiger partial charge in [-0.2, -0.15) is 0 Å². The van der Waals surface area contributed by atoms with Gasteiger partial charge < -0.3 is 0 Å². The second-order valence-electron chi connectivity index (χ2n) is 6.21. The topological polar surface area (TPSA) is 0 Å². The number of benzene rings is 3. The Balaban J connectivity index is 2.30. The van der Waals surface area contributed by atoms with Crippen molar-refractivity contribution in [3.8, 4) is 0 Å². The molecule has 0 aliphatic carbocycles. The lowest BCUT2D eigenvalue weighted by molar-refractivity contribution is 0.843. The molecule has 1 atom stereocenters. The van der Waals surface area contributed by atoms with Gasteiger partial charge in [0.05, 0.1) is 6.16 Å². The highest BCUT2D eigenvalue weighted by atomic mass is 31.2. The average Bonchev–Trinajstić information content (AvgIpc) is 2.68. The fraction of sp³-hybridized carbons (Fsp3) is 0.130. The predicted octanol–water partition coefficient (Wildman–Crippen LogP) is 4.80. The summed E-state index contributed by atoms with van der Waals surface area (Å²) in [6.45, 7) is 6.32. The average molecular weight is 331 g/mol. The zero-order chi connectivity index (χ0) is 16.8. The van der Waals surface area contributed by atoms with E-state index >= 15 is 0 Å². The standard InChI is InChI=1S/C23H24P/c1-3-20(2)19-24(21-13-7-4-8-14-21,22-15-9-5-10-16-22)23-17-11-6-12-18-23/h3-18,20H,1,19H2,2H3/q+1/t20-/m0/s1. The van der Waals surface area contributed by atoms with Crippen LogP contribution in [0, 0.1) is 5.92 Å². The molecule has 3 rings (SSSR count). The van der Waals surface area contributed by atoms with Crippen LogP contribution in [0.5, 0.6) is 0 Å². The fourth-order valence-corrected chi connectivity index (χ4v) is 7.90. The Bertz CT molecular complexity index is 666. The summed E-state index contributed by atoms with van der Waals surface area (Å²) in [4.78, 5) is 0. The summed E-state index contributed by atoms with van der Waals surface area (Å²) in [5, 5.41) is 4.32. The first-order valence-electron chi connectivity index (χ1n) is 8.45. The number of rotatable bonds is 6. The van der Waals surface area contributed by atoms with Crippen LogP contribution in [-0.4, -0.2) is 6.16 Å². The molecule has 120 valence electrons. The molecule has 0 aliphatic rings. The maximum absolute atomic E-state index is 4.04. The Morgan fingerprint density at radius 2 is 1.04 bits per heavy atom. The third-order valence-electron chi connectivity index (χ3n) is 4.56. The van der Waals surface area contributed by atoms with Gasteiger partial charge in [0.15, 0.2) is 0 Å². The Kier molecular flexibility index (Phi) is 5.28. The highest BCUT2D eigenvalue weighted by molar-refractivity contribution is 7.95. The van der Waals surface area contributed by atoms with E-state index in [1.807, 2.05) is 0 Å². The van der Waals surface area contributed by atoms with Crippen molar-refractivity contribution < 1.29 is 0 Å². The van der Waals surface area contributed by atoms with Crippen molar-refractivity contribution in [1.82, 2.24) is 0 Å². The van der Waals surface area contributed by atoms with E-state index in [0.717, 1.165) is 6.16 Å². The maximum Gasteiger partial charge on any atom is 0.112 e. The Morgan fingerprint density at radius 1 is 0.708 bits per heavy atom. The molecule has 0 amide bonds. The molecule has 0 heterocycles. The smallest absolute Gasteiger partial charge is 0.103 e. The third-order valence-corrected chi connectivity index (χ3v) is 9.22. The van der Waals surface area contributed by atoms with E-state index in [9.17, 15) is 0 Å². The van der Waals surface area contributed by atoms with Crippen molar-refractivity contribution in [3.63, 3.8) is 0 Å². The lowest BCUT2D eigenvalue weighted by atomic mass is 10.2. The number of hydrogen-bond donors (Lipinski definition) is 0. The molecule has 24 heavy (non-hydrogen) atoms. The summed E-state index contributed by atoms with van der Waals surface area (Å²) in [6, 6.07) is 33.0. The maximum atomic E-state index is 4.04. The van der Waals surface area contributed by atoms with Crippen LogP contribution in [0.1, 0.15) is 6.92 Å². The molecule has 0 N–H and O–H groups in total. The zero-order valence-corrected chi connectivity index (χ0v) is 15.1. The van der Waals surface area contributed by atoms with Crippen LogP contribution in [0.3, 0.4) is 0 Å². The minimum Gasteiger partial charge on any atom is -0.103 e. The largest absolute Gasteiger partial charge is 0.112 e. The molecule has 0 unspecified atom stereocenters. The van der Waals surface area contributed by atoms with E-state index in [-0.39, 0.29) is 0 Å². The highest BCUT2D eigenvalue weighted by Crippen LogP contribution is 2.56. The first-order valence-corrected chi connectivity index (χ1v) is 10.4. The Hall–Kier alpha value is -2.17. The fourth-order valence-electron chi connectivity index (χ4n) is 3.32. The monoisotopic (exact) mass is 331 g/mol. The summed E-state index contributed by atoms with van der Waals surface area (Å²) in [7, 11) is -1.70. The van der Waals surface area contributed by atoms with Crippen molar-refractivity contribution in [2.45, 2.75) is 6.92 Å². The molecule has 0 saturated heterocycles. The summed E-state index contributed by atoms with van der Waals surface area (Å²) >= 11 is 0. The van der Waals surface area contributed by atoms with Crippen LogP contribution in [0.25, 0.3) is 0 Å². The minimum atomic E-state index is -1.70. The van der Waals surface area contributed by atoms with Crippen LogP contribution >= 0.6 is 7.26 Å². The molecule has 3 aromatic carbocycles. The molecule has 0 aromatic heterocycles. The van der Waals surface area contributed by atoms with Crippen molar-refractivity contribution in [3.05, 3.63) is 104 Å². The quantitative estimate of drug-likeness (QED) is 0.449. The molecule has 3 aromatic rings. The van der Waals surface area contributed by atoms with Crippen LogP contribution in [0.4, 0.5) is 0 Å². The summed E-state index contributed by atoms with van der Waals surface area (Å²) in [6.07, 6.45) is 3.19. The van der Waals surface area contributed by atoms with Crippen LogP contribution in [0.2, 0.25) is 0 Å². The Labute approximate surface area is 146 Å². The SMILES string of the molecule is C=C[C@H](C)C[P+](c1ccccc1)(c1ccccc1)c1ccccc1. The molecule has 1 heteroatoms. The van der Waals surface area contributed by atoms with Gasteiger partial charge in [0.1, 0.15) is 23.2 Å². The highest BCUT2D eigenvalue weighted by Gasteiger charge is 2.45. The molecular formula is C23H24P+. The van der Waals surface area contributed by atoms with E-state index in [1.54, 1.807) is 0 Å². The van der Waals surface area contributed by atoms with Gasteiger partial charge in [-0.05, 0) is 36.4 Å². The van der Waals surface area contributed by atoms with Gasteiger partial charge in [-0.3, -0.25) is 0 Å².